The molecule has 1 saturated carbocycles. The summed E-state index contributed by atoms with van der Waals surface area (Å²) in [6.45, 7) is 0. The fraction of sp³-hybridized carbons (Fsp3) is 0.692. The monoisotopic (exact) mass is 298 g/mol. The van der Waals surface area contributed by atoms with Crippen LogP contribution >= 0.6 is 15.9 Å². The molecule has 1 aliphatic carbocycles. The molecule has 0 N–H and O–H groups in total. The average molecular weight is 299 g/mol. The lowest BCUT2D eigenvalue weighted by Crippen LogP contribution is -2.12. The van der Waals surface area contributed by atoms with E-state index in [0.717, 1.165) is 4.47 Å². The molecule has 0 aliphatic heterocycles. The van der Waals surface area contributed by atoms with E-state index in [1.54, 1.807) is 10.9 Å². The molecule has 0 spiro atoms. The number of rotatable bonds is 3. The number of Topliss-reactive ketones (excluding diaryl/α,β-unsaturated/α-hetero) is 1. The lowest BCUT2D eigenvalue weighted by atomic mass is 9.93. The van der Waals surface area contributed by atoms with Crippen molar-refractivity contribution in [2.75, 3.05) is 0 Å². The molecular weight excluding hydrogens is 280 g/mol. The van der Waals surface area contributed by atoms with Crippen molar-refractivity contribution in [3.63, 3.8) is 0 Å². The van der Waals surface area contributed by atoms with Crippen molar-refractivity contribution in [2.24, 2.45) is 13.0 Å². The maximum absolute atomic E-state index is 12.2. The third-order valence-electron chi connectivity index (χ3n) is 3.61. The van der Waals surface area contributed by atoms with Crippen LogP contribution in [0.2, 0.25) is 0 Å². The number of hydrogen-bond donors (Lipinski definition) is 0. The van der Waals surface area contributed by atoms with Crippen LogP contribution in [-0.2, 0) is 7.05 Å². The van der Waals surface area contributed by atoms with Crippen molar-refractivity contribution >= 4 is 21.7 Å². The molecule has 0 amide bonds. The predicted molar refractivity (Wildman–Crippen MR) is 71.0 cm³/mol. The summed E-state index contributed by atoms with van der Waals surface area (Å²) in [5.41, 5.74) is 0.717. The van der Waals surface area contributed by atoms with Crippen LogP contribution in [-0.4, -0.2) is 15.6 Å². The Labute approximate surface area is 111 Å². The maximum atomic E-state index is 12.2. The van der Waals surface area contributed by atoms with Crippen LogP contribution in [0.5, 0.6) is 0 Å². The van der Waals surface area contributed by atoms with Crippen LogP contribution in [0, 0.1) is 5.92 Å². The van der Waals surface area contributed by atoms with Crippen LogP contribution in [0.25, 0.3) is 0 Å². The molecule has 1 aromatic heterocycles. The van der Waals surface area contributed by atoms with Crippen molar-refractivity contribution in [3.8, 4) is 0 Å². The summed E-state index contributed by atoms with van der Waals surface area (Å²) in [6.07, 6.45) is 10.0. The van der Waals surface area contributed by atoms with Crippen molar-refractivity contribution in [3.05, 3.63) is 16.4 Å². The summed E-state index contributed by atoms with van der Waals surface area (Å²) in [7, 11) is 1.82. The van der Waals surface area contributed by atoms with E-state index in [1.165, 1.54) is 38.5 Å². The first-order chi connectivity index (χ1) is 8.18. The van der Waals surface area contributed by atoms with Crippen LogP contribution < -0.4 is 0 Å². The third kappa shape index (κ3) is 3.18. The lowest BCUT2D eigenvalue weighted by molar-refractivity contribution is 0.0947. The third-order valence-corrected chi connectivity index (χ3v) is 4.19. The standard InChI is InChI=1S/C13H19BrN2O/c1-16-13(11(14)9-15-16)12(17)8-10-6-4-2-3-5-7-10/h9-10H,2-8H2,1H3. The van der Waals surface area contributed by atoms with Gasteiger partial charge in [0.2, 0.25) is 0 Å². The van der Waals surface area contributed by atoms with Crippen molar-refractivity contribution in [1.82, 2.24) is 9.78 Å². The normalized spacial score (nSPS) is 18.0. The molecule has 1 aromatic rings. The van der Waals surface area contributed by atoms with Gasteiger partial charge in [-0.25, -0.2) is 0 Å². The molecule has 0 unspecified atom stereocenters. The van der Waals surface area contributed by atoms with Crippen molar-refractivity contribution < 1.29 is 4.79 Å². The first kappa shape index (κ1) is 12.8. The molecule has 0 saturated heterocycles. The summed E-state index contributed by atoms with van der Waals surface area (Å²) >= 11 is 3.39. The van der Waals surface area contributed by atoms with Crippen molar-refractivity contribution in [1.29, 1.82) is 0 Å². The smallest absolute Gasteiger partial charge is 0.182 e. The van der Waals surface area contributed by atoms with Gasteiger partial charge in [-0.2, -0.15) is 5.10 Å². The summed E-state index contributed by atoms with van der Waals surface area (Å²) in [5.74, 6) is 0.801. The van der Waals surface area contributed by atoms with Gasteiger partial charge >= 0.3 is 0 Å². The largest absolute Gasteiger partial charge is 0.292 e. The highest BCUT2D eigenvalue weighted by molar-refractivity contribution is 9.10. The molecule has 17 heavy (non-hydrogen) atoms. The fourth-order valence-corrected chi connectivity index (χ4v) is 3.22. The SMILES string of the molecule is Cn1ncc(Br)c1C(=O)CC1CCCCCC1. The Morgan fingerprint density at radius 2 is 2.06 bits per heavy atom. The fourth-order valence-electron chi connectivity index (χ4n) is 2.65. The average Bonchev–Trinajstić information content (AvgIpc) is 2.53. The summed E-state index contributed by atoms with van der Waals surface area (Å²) in [4.78, 5) is 12.2. The molecule has 3 nitrogen and oxygen atoms in total. The second-order valence-corrected chi connectivity index (χ2v) is 5.80. The molecule has 1 fully saturated rings. The first-order valence-corrected chi connectivity index (χ1v) is 7.18. The quantitative estimate of drug-likeness (QED) is 0.629. The maximum Gasteiger partial charge on any atom is 0.182 e. The Balaban J connectivity index is 2.01. The zero-order valence-corrected chi connectivity index (χ0v) is 11.9. The van der Waals surface area contributed by atoms with Gasteiger partial charge in [-0.05, 0) is 21.8 Å². The number of aryl methyl sites for hydroxylation is 1. The highest BCUT2D eigenvalue weighted by Gasteiger charge is 2.21. The van der Waals surface area contributed by atoms with E-state index >= 15 is 0 Å². The van der Waals surface area contributed by atoms with Gasteiger partial charge in [0.25, 0.3) is 0 Å². The molecule has 0 aromatic carbocycles. The Bertz CT molecular complexity index is 373. The topological polar surface area (TPSA) is 34.9 Å². The van der Waals surface area contributed by atoms with Crippen molar-refractivity contribution in [2.45, 2.75) is 44.9 Å². The van der Waals surface area contributed by atoms with Gasteiger partial charge in [0.05, 0.1) is 10.7 Å². The molecule has 94 valence electrons. The highest BCUT2D eigenvalue weighted by Crippen LogP contribution is 2.27. The molecule has 0 radical (unpaired) electrons. The van der Waals surface area contributed by atoms with E-state index in [1.807, 2.05) is 7.05 Å². The number of nitrogens with zero attached hydrogens (tertiary/aromatic N) is 2. The predicted octanol–water partition coefficient (Wildman–Crippen LogP) is 3.73. The van der Waals surface area contributed by atoms with Gasteiger partial charge in [0.1, 0.15) is 5.69 Å². The highest BCUT2D eigenvalue weighted by atomic mass is 79.9. The van der Waals surface area contributed by atoms with Gasteiger partial charge in [-0.3, -0.25) is 9.48 Å². The Morgan fingerprint density at radius 1 is 1.41 bits per heavy atom. The van der Waals surface area contributed by atoms with E-state index in [4.69, 9.17) is 0 Å². The lowest BCUT2D eigenvalue weighted by Gasteiger charge is -2.12. The van der Waals surface area contributed by atoms with E-state index in [9.17, 15) is 4.79 Å². The zero-order valence-electron chi connectivity index (χ0n) is 10.3. The molecule has 2 rings (SSSR count). The second kappa shape index (κ2) is 5.80. The van der Waals surface area contributed by atoms with Crippen LogP contribution in [0.3, 0.4) is 0 Å². The Kier molecular flexibility index (Phi) is 4.37. The second-order valence-electron chi connectivity index (χ2n) is 4.95. The molecular formula is C13H19BrN2O. The molecule has 4 heteroatoms. The van der Waals surface area contributed by atoms with Gasteiger partial charge in [-0.15, -0.1) is 0 Å². The number of carbonyl (C=O) groups excluding carboxylic acids is 1. The van der Waals surface area contributed by atoms with Gasteiger partial charge in [0, 0.05) is 13.5 Å². The summed E-state index contributed by atoms with van der Waals surface area (Å²) in [6, 6.07) is 0. The van der Waals surface area contributed by atoms with E-state index in [2.05, 4.69) is 21.0 Å². The minimum Gasteiger partial charge on any atom is -0.292 e. The molecule has 1 aliphatic rings. The molecule has 0 bridgehead atoms. The summed E-state index contributed by atoms with van der Waals surface area (Å²) in [5, 5.41) is 4.10. The first-order valence-electron chi connectivity index (χ1n) is 6.39. The molecule has 1 heterocycles. The van der Waals surface area contributed by atoms with Crippen LogP contribution in [0.4, 0.5) is 0 Å². The van der Waals surface area contributed by atoms with Crippen LogP contribution in [0.15, 0.2) is 10.7 Å². The number of halogens is 1. The molecule has 0 atom stereocenters. The number of hydrogen-bond acceptors (Lipinski definition) is 2. The number of ketones is 1. The van der Waals surface area contributed by atoms with E-state index < -0.39 is 0 Å². The summed E-state index contributed by atoms with van der Waals surface area (Å²) < 4.78 is 2.49. The van der Waals surface area contributed by atoms with Gasteiger partial charge in [0.15, 0.2) is 5.78 Å². The van der Waals surface area contributed by atoms with Gasteiger partial charge in [-0.1, -0.05) is 38.5 Å². The zero-order chi connectivity index (χ0) is 12.3. The minimum atomic E-state index is 0.226. The van der Waals surface area contributed by atoms with Gasteiger partial charge < -0.3 is 0 Å². The van der Waals surface area contributed by atoms with E-state index in [0.29, 0.717) is 18.0 Å². The number of carbonyl (C=O) groups is 1. The Hall–Kier alpha value is -0.640. The van der Waals surface area contributed by atoms with E-state index in [-0.39, 0.29) is 5.78 Å². The number of aromatic nitrogens is 2. The van der Waals surface area contributed by atoms with Crippen LogP contribution in [0.1, 0.15) is 55.4 Å². The Morgan fingerprint density at radius 3 is 2.59 bits per heavy atom. The minimum absolute atomic E-state index is 0.226.